The Bertz CT molecular complexity index is 532. The first-order valence-electron chi connectivity index (χ1n) is 9.38. The third kappa shape index (κ3) is 3.30. The molecule has 0 aromatic heterocycles. The van der Waals surface area contributed by atoms with Crippen molar-refractivity contribution in [1.82, 2.24) is 9.80 Å². The second kappa shape index (κ2) is 6.64. The molecule has 0 radical (unpaired) electrons. The zero-order valence-electron chi connectivity index (χ0n) is 14.0. The van der Waals surface area contributed by atoms with Gasteiger partial charge < -0.3 is 4.90 Å². The Balaban J connectivity index is 1.26. The average molecular weight is 312 g/mol. The van der Waals surface area contributed by atoms with Gasteiger partial charge in [-0.1, -0.05) is 37.1 Å². The third-order valence-corrected chi connectivity index (χ3v) is 6.11. The zero-order chi connectivity index (χ0) is 15.6. The van der Waals surface area contributed by atoms with Gasteiger partial charge in [0.05, 0.1) is 0 Å². The number of fused-ring (bicyclic) bond motifs is 1. The van der Waals surface area contributed by atoms with Crippen molar-refractivity contribution in [3.8, 4) is 0 Å². The summed E-state index contributed by atoms with van der Waals surface area (Å²) in [4.78, 5) is 17.4. The first-order chi connectivity index (χ1) is 11.3. The number of carbonyl (C=O) groups is 1. The Hall–Kier alpha value is -1.35. The van der Waals surface area contributed by atoms with E-state index in [4.69, 9.17) is 0 Å². The van der Waals surface area contributed by atoms with Gasteiger partial charge >= 0.3 is 0 Å². The maximum absolute atomic E-state index is 12.6. The van der Waals surface area contributed by atoms with Crippen LogP contribution in [-0.4, -0.2) is 47.9 Å². The Kier molecular flexibility index (Phi) is 4.39. The van der Waals surface area contributed by atoms with Crippen LogP contribution >= 0.6 is 0 Å². The van der Waals surface area contributed by atoms with E-state index < -0.39 is 0 Å². The fourth-order valence-corrected chi connectivity index (χ4v) is 4.78. The number of hydrogen-bond donors (Lipinski definition) is 0. The quantitative estimate of drug-likeness (QED) is 0.857. The second-order valence-electron chi connectivity index (χ2n) is 7.60. The van der Waals surface area contributed by atoms with E-state index in [0.29, 0.717) is 11.8 Å². The van der Waals surface area contributed by atoms with Crippen molar-refractivity contribution in [2.45, 2.75) is 51.0 Å². The lowest BCUT2D eigenvalue weighted by molar-refractivity contribution is -0.134. The summed E-state index contributed by atoms with van der Waals surface area (Å²) >= 11 is 0. The number of nitrogens with zero attached hydrogens (tertiary/aromatic N) is 2. The fraction of sp³-hybridized carbons (Fsp3) is 0.650. The van der Waals surface area contributed by atoms with Crippen LogP contribution in [0, 0.1) is 5.92 Å². The lowest BCUT2D eigenvalue weighted by atomic mass is 10.0. The molecule has 124 valence electrons. The van der Waals surface area contributed by atoms with E-state index in [1.165, 1.54) is 36.8 Å². The monoisotopic (exact) mass is 312 g/mol. The van der Waals surface area contributed by atoms with Crippen LogP contribution in [-0.2, 0) is 17.6 Å². The summed E-state index contributed by atoms with van der Waals surface area (Å²) < 4.78 is 0. The molecule has 1 saturated heterocycles. The Morgan fingerprint density at radius 1 is 0.957 bits per heavy atom. The second-order valence-corrected chi connectivity index (χ2v) is 7.60. The molecule has 1 aromatic carbocycles. The van der Waals surface area contributed by atoms with Crippen molar-refractivity contribution in [2.75, 3.05) is 26.2 Å². The summed E-state index contributed by atoms with van der Waals surface area (Å²) in [6.07, 6.45) is 8.44. The molecule has 2 fully saturated rings. The normalized spacial score (nSPS) is 23.4. The minimum Gasteiger partial charge on any atom is -0.340 e. The topological polar surface area (TPSA) is 23.6 Å². The smallest absolute Gasteiger partial charge is 0.222 e. The largest absolute Gasteiger partial charge is 0.340 e. The number of amides is 1. The maximum Gasteiger partial charge on any atom is 0.222 e. The Labute approximate surface area is 139 Å². The average Bonchev–Trinajstić information content (AvgIpc) is 3.24. The standard InChI is InChI=1S/C20H28N2O/c23-20(15-16-13-17-5-1-2-6-18(17)14-16)22-11-9-21(10-12-22)19-7-3-4-8-19/h1-2,5-6,16,19H,3-4,7-15H2. The van der Waals surface area contributed by atoms with Crippen LogP contribution in [0.15, 0.2) is 24.3 Å². The van der Waals surface area contributed by atoms with Gasteiger partial charge in [-0.25, -0.2) is 0 Å². The van der Waals surface area contributed by atoms with Gasteiger partial charge in [-0.2, -0.15) is 0 Å². The first kappa shape index (κ1) is 15.2. The van der Waals surface area contributed by atoms with Gasteiger partial charge in [0.25, 0.3) is 0 Å². The van der Waals surface area contributed by atoms with E-state index in [-0.39, 0.29) is 0 Å². The molecule has 1 amide bonds. The van der Waals surface area contributed by atoms with Gasteiger partial charge in [0.15, 0.2) is 0 Å². The van der Waals surface area contributed by atoms with E-state index in [0.717, 1.165) is 51.5 Å². The molecule has 1 aliphatic heterocycles. The highest BCUT2D eigenvalue weighted by molar-refractivity contribution is 5.76. The Morgan fingerprint density at radius 3 is 2.17 bits per heavy atom. The van der Waals surface area contributed by atoms with E-state index in [1.807, 2.05) is 0 Å². The summed E-state index contributed by atoms with van der Waals surface area (Å²) in [5.74, 6) is 0.904. The van der Waals surface area contributed by atoms with Crippen molar-refractivity contribution < 1.29 is 4.79 Å². The minimum absolute atomic E-state index is 0.383. The van der Waals surface area contributed by atoms with Gasteiger partial charge in [0, 0.05) is 38.6 Å². The van der Waals surface area contributed by atoms with Crippen LogP contribution in [0.1, 0.15) is 43.2 Å². The number of piperazine rings is 1. The highest BCUT2D eigenvalue weighted by Crippen LogP contribution is 2.29. The van der Waals surface area contributed by atoms with Crippen molar-refractivity contribution in [3.63, 3.8) is 0 Å². The van der Waals surface area contributed by atoms with Crippen LogP contribution in [0.3, 0.4) is 0 Å². The number of benzene rings is 1. The van der Waals surface area contributed by atoms with Crippen molar-refractivity contribution in [1.29, 1.82) is 0 Å². The maximum atomic E-state index is 12.6. The molecule has 0 N–H and O–H groups in total. The fourth-order valence-electron chi connectivity index (χ4n) is 4.78. The number of carbonyl (C=O) groups excluding carboxylic acids is 1. The van der Waals surface area contributed by atoms with Gasteiger partial charge in [0.2, 0.25) is 5.91 Å². The highest BCUT2D eigenvalue weighted by atomic mass is 16.2. The molecular weight excluding hydrogens is 284 g/mol. The van der Waals surface area contributed by atoms with E-state index in [2.05, 4.69) is 34.1 Å². The SMILES string of the molecule is O=C(CC1Cc2ccccc2C1)N1CCN(C2CCCC2)CC1. The predicted molar refractivity (Wildman–Crippen MR) is 92.4 cm³/mol. The molecule has 0 spiro atoms. The first-order valence-corrected chi connectivity index (χ1v) is 9.38. The Morgan fingerprint density at radius 2 is 1.57 bits per heavy atom. The molecule has 3 aliphatic rings. The molecular formula is C20H28N2O. The molecule has 1 aromatic rings. The van der Waals surface area contributed by atoms with E-state index >= 15 is 0 Å². The number of hydrogen-bond acceptors (Lipinski definition) is 2. The van der Waals surface area contributed by atoms with Crippen LogP contribution in [0.4, 0.5) is 0 Å². The van der Waals surface area contributed by atoms with Crippen LogP contribution in [0.5, 0.6) is 0 Å². The van der Waals surface area contributed by atoms with Gasteiger partial charge in [0.1, 0.15) is 0 Å². The van der Waals surface area contributed by atoms with Crippen LogP contribution in [0.2, 0.25) is 0 Å². The van der Waals surface area contributed by atoms with Crippen LogP contribution in [0.25, 0.3) is 0 Å². The summed E-state index contributed by atoms with van der Waals surface area (Å²) in [6, 6.07) is 9.48. The molecule has 23 heavy (non-hydrogen) atoms. The lowest BCUT2D eigenvalue weighted by Crippen LogP contribution is -2.51. The molecule has 4 rings (SSSR count). The molecule has 0 atom stereocenters. The number of rotatable bonds is 3. The molecule has 1 heterocycles. The predicted octanol–water partition coefficient (Wildman–Crippen LogP) is 2.88. The van der Waals surface area contributed by atoms with E-state index in [9.17, 15) is 4.79 Å². The summed E-state index contributed by atoms with van der Waals surface area (Å²) in [7, 11) is 0. The lowest BCUT2D eigenvalue weighted by Gasteiger charge is -2.38. The molecule has 0 unspecified atom stereocenters. The third-order valence-electron chi connectivity index (χ3n) is 6.11. The molecule has 1 saturated carbocycles. The van der Waals surface area contributed by atoms with Crippen molar-refractivity contribution >= 4 is 5.91 Å². The molecule has 0 bridgehead atoms. The van der Waals surface area contributed by atoms with Gasteiger partial charge in [-0.05, 0) is 42.7 Å². The summed E-state index contributed by atoms with van der Waals surface area (Å²) in [5.41, 5.74) is 2.91. The van der Waals surface area contributed by atoms with E-state index in [1.54, 1.807) is 0 Å². The van der Waals surface area contributed by atoms with Crippen LogP contribution < -0.4 is 0 Å². The summed E-state index contributed by atoms with van der Waals surface area (Å²) in [5, 5.41) is 0. The molecule has 3 nitrogen and oxygen atoms in total. The van der Waals surface area contributed by atoms with Gasteiger partial charge in [-0.15, -0.1) is 0 Å². The zero-order valence-corrected chi connectivity index (χ0v) is 14.0. The summed E-state index contributed by atoms with van der Waals surface area (Å²) in [6.45, 7) is 4.05. The minimum atomic E-state index is 0.383. The van der Waals surface area contributed by atoms with Crippen molar-refractivity contribution in [2.24, 2.45) is 5.92 Å². The molecule has 3 heteroatoms. The molecule has 2 aliphatic carbocycles. The highest BCUT2D eigenvalue weighted by Gasteiger charge is 2.30. The van der Waals surface area contributed by atoms with Crippen molar-refractivity contribution in [3.05, 3.63) is 35.4 Å². The van der Waals surface area contributed by atoms with Gasteiger partial charge in [-0.3, -0.25) is 9.69 Å².